The Balaban J connectivity index is 1.66. The number of aromatic nitrogens is 7. The predicted octanol–water partition coefficient (Wildman–Crippen LogP) is 1.59. The zero-order chi connectivity index (χ0) is 28.9. The molecule has 40 heavy (non-hydrogen) atoms. The van der Waals surface area contributed by atoms with E-state index in [1.165, 1.54) is 7.05 Å². The molecule has 206 valence electrons. The van der Waals surface area contributed by atoms with Crippen LogP contribution in [0.4, 0.5) is 24.8 Å². The number of rotatable bonds is 6. The van der Waals surface area contributed by atoms with Crippen LogP contribution in [-0.4, -0.2) is 33.4 Å². The lowest BCUT2D eigenvalue weighted by Crippen LogP contribution is -2.44. The van der Waals surface area contributed by atoms with Gasteiger partial charge in [-0.3, -0.25) is 19.0 Å². The molecule has 12 nitrogen and oxygen atoms in total. The number of H-pyrrole nitrogens is 1. The van der Waals surface area contributed by atoms with Gasteiger partial charge in [0.1, 0.15) is 0 Å². The molecule has 0 aliphatic heterocycles. The molecule has 3 heterocycles. The van der Waals surface area contributed by atoms with Crippen molar-refractivity contribution >= 4 is 34.1 Å². The average Bonchev–Trinajstić information content (AvgIpc) is 3.24. The van der Waals surface area contributed by atoms with Crippen molar-refractivity contribution in [2.75, 3.05) is 5.32 Å². The molecular formula is C24H18ClF3N8O4. The van der Waals surface area contributed by atoms with Gasteiger partial charge in [0.05, 0.1) is 34.9 Å². The Morgan fingerprint density at radius 2 is 1.65 bits per heavy atom. The van der Waals surface area contributed by atoms with E-state index in [0.29, 0.717) is 27.6 Å². The first-order valence-corrected chi connectivity index (χ1v) is 11.8. The molecule has 0 amide bonds. The first-order valence-electron chi connectivity index (χ1n) is 11.4. The Morgan fingerprint density at radius 3 is 2.35 bits per heavy atom. The van der Waals surface area contributed by atoms with Crippen molar-refractivity contribution in [3.05, 3.63) is 112 Å². The van der Waals surface area contributed by atoms with Crippen molar-refractivity contribution in [1.29, 1.82) is 0 Å². The number of benzene rings is 2. The monoisotopic (exact) mass is 574 g/mol. The molecule has 3 aromatic heterocycles. The second kappa shape index (κ2) is 10.00. The highest BCUT2D eigenvalue weighted by molar-refractivity contribution is 6.34. The molecule has 0 radical (unpaired) electrons. The highest BCUT2D eigenvalue weighted by atomic mass is 35.5. The summed E-state index contributed by atoms with van der Waals surface area (Å²) >= 11 is 6.38. The summed E-state index contributed by atoms with van der Waals surface area (Å²) in [4.78, 5) is 56.5. The largest absolute Gasteiger partial charge is 0.355 e. The number of hydrogen-bond acceptors (Lipinski definition) is 7. The molecule has 0 saturated heterocycles. The lowest BCUT2D eigenvalue weighted by molar-refractivity contribution is 0.444. The molecule has 0 fully saturated rings. The number of aromatic amines is 1. The average molecular weight is 575 g/mol. The van der Waals surface area contributed by atoms with E-state index in [0.717, 1.165) is 15.3 Å². The van der Waals surface area contributed by atoms with Crippen LogP contribution in [0.5, 0.6) is 0 Å². The Hall–Kier alpha value is -4.92. The minimum atomic E-state index is -1.69. The first kappa shape index (κ1) is 26.7. The standard InChI is InChI=1S/C24H18ClF3N8O4/c1-33-8-13(20(37)30-22(33)38)10-36-23(39)31-21(29-18-5-12-9-34(2)32-17(12)6-14(18)25)35(24(36)40)7-11-3-15(26)19(28)16(27)4-11/h3-6,8-9H,7,10H2,1-2H3,(H,29,31,39)(H,30,37,38). The third-order valence-corrected chi connectivity index (χ3v) is 6.31. The Kier molecular flexibility index (Phi) is 6.67. The Labute approximate surface area is 225 Å². The van der Waals surface area contributed by atoms with Gasteiger partial charge in [0.15, 0.2) is 17.5 Å². The van der Waals surface area contributed by atoms with E-state index in [4.69, 9.17) is 11.6 Å². The maximum atomic E-state index is 14.0. The molecule has 5 rings (SSSR count). The number of hydrogen-bond donors (Lipinski definition) is 2. The van der Waals surface area contributed by atoms with Gasteiger partial charge in [0.25, 0.3) is 5.56 Å². The number of anilines is 2. The lowest BCUT2D eigenvalue weighted by Gasteiger charge is -2.16. The lowest BCUT2D eigenvalue weighted by atomic mass is 10.2. The maximum Gasteiger partial charge on any atom is 0.355 e. The molecule has 0 atom stereocenters. The summed E-state index contributed by atoms with van der Waals surface area (Å²) in [6.45, 7) is -1.14. The summed E-state index contributed by atoms with van der Waals surface area (Å²) in [5.41, 5.74) is -3.13. The summed E-state index contributed by atoms with van der Waals surface area (Å²) in [5.74, 6) is -5.01. The van der Waals surface area contributed by atoms with Crippen molar-refractivity contribution < 1.29 is 13.2 Å². The van der Waals surface area contributed by atoms with Gasteiger partial charge in [-0.25, -0.2) is 32.1 Å². The topological polar surface area (TPSA) is 142 Å². The summed E-state index contributed by atoms with van der Waals surface area (Å²) in [6, 6.07) is 4.51. The molecule has 0 bridgehead atoms. The van der Waals surface area contributed by atoms with Crippen molar-refractivity contribution in [2.45, 2.75) is 13.1 Å². The molecule has 2 aromatic carbocycles. The van der Waals surface area contributed by atoms with Gasteiger partial charge >= 0.3 is 17.1 Å². The van der Waals surface area contributed by atoms with E-state index in [-0.39, 0.29) is 27.8 Å². The number of nitrogens with one attached hydrogen (secondary N) is 2. The normalized spacial score (nSPS) is 11.3. The Morgan fingerprint density at radius 1 is 0.950 bits per heavy atom. The van der Waals surface area contributed by atoms with Gasteiger partial charge in [0, 0.05) is 31.9 Å². The van der Waals surface area contributed by atoms with Crippen LogP contribution in [0.1, 0.15) is 11.1 Å². The van der Waals surface area contributed by atoms with Crippen molar-refractivity contribution in [3.8, 4) is 0 Å². The van der Waals surface area contributed by atoms with E-state index >= 15 is 0 Å². The third kappa shape index (κ3) is 4.93. The van der Waals surface area contributed by atoms with Crippen molar-refractivity contribution in [3.63, 3.8) is 0 Å². The molecule has 16 heteroatoms. The van der Waals surface area contributed by atoms with Crippen molar-refractivity contribution in [2.24, 2.45) is 14.1 Å². The minimum absolute atomic E-state index is 0.112. The molecule has 0 aliphatic carbocycles. The van der Waals surface area contributed by atoms with E-state index in [2.05, 4.69) is 20.4 Å². The van der Waals surface area contributed by atoms with Crippen LogP contribution in [0.3, 0.4) is 0 Å². The van der Waals surface area contributed by atoms with Crippen LogP contribution in [0.25, 0.3) is 10.9 Å². The molecule has 5 aromatic rings. The van der Waals surface area contributed by atoms with Gasteiger partial charge in [-0.2, -0.15) is 10.1 Å². The van der Waals surface area contributed by atoms with Crippen LogP contribution in [-0.2, 0) is 27.2 Å². The van der Waals surface area contributed by atoms with Gasteiger partial charge in [-0.1, -0.05) is 11.6 Å². The summed E-state index contributed by atoms with van der Waals surface area (Å²) in [7, 11) is 3.06. The smallest absolute Gasteiger partial charge is 0.324 e. The van der Waals surface area contributed by atoms with Crippen LogP contribution in [0, 0.1) is 17.5 Å². The quantitative estimate of drug-likeness (QED) is 0.293. The Bertz CT molecular complexity index is 2040. The van der Waals surface area contributed by atoms with Crippen molar-refractivity contribution in [1.82, 2.24) is 33.4 Å². The molecule has 0 unspecified atom stereocenters. The second-order valence-corrected chi connectivity index (χ2v) is 9.30. The fourth-order valence-electron chi connectivity index (χ4n) is 4.07. The predicted molar refractivity (Wildman–Crippen MR) is 139 cm³/mol. The number of aryl methyl sites for hydroxylation is 2. The SMILES string of the molecule is Cn1cc2cc(Nc3nc(=O)n(Cc4cn(C)c(=O)[nH]c4=O)c(=O)n3Cc3cc(F)c(F)c(F)c3)c(Cl)cc2n1. The zero-order valence-electron chi connectivity index (χ0n) is 20.7. The molecule has 2 N–H and O–H groups in total. The number of halogens is 4. The summed E-state index contributed by atoms with van der Waals surface area (Å²) in [6.07, 6.45) is 2.85. The fourth-order valence-corrected chi connectivity index (χ4v) is 4.28. The molecular weight excluding hydrogens is 557 g/mol. The van der Waals surface area contributed by atoms with Crippen LogP contribution < -0.4 is 27.9 Å². The van der Waals surface area contributed by atoms with Gasteiger partial charge in [-0.15, -0.1) is 0 Å². The third-order valence-electron chi connectivity index (χ3n) is 6.00. The van der Waals surface area contributed by atoms with E-state index in [1.54, 1.807) is 30.1 Å². The molecule has 0 spiro atoms. The van der Waals surface area contributed by atoms with E-state index in [9.17, 15) is 32.3 Å². The molecule has 0 saturated carbocycles. The highest BCUT2D eigenvalue weighted by Gasteiger charge is 2.19. The zero-order valence-corrected chi connectivity index (χ0v) is 21.5. The highest BCUT2D eigenvalue weighted by Crippen LogP contribution is 2.29. The first-order chi connectivity index (χ1) is 18.9. The van der Waals surface area contributed by atoms with Crippen LogP contribution in [0.15, 0.2) is 55.8 Å². The van der Waals surface area contributed by atoms with E-state index in [1.807, 2.05) is 0 Å². The van der Waals surface area contributed by atoms with Gasteiger partial charge in [0.2, 0.25) is 5.95 Å². The van der Waals surface area contributed by atoms with Gasteiger partial charge < -0.3 is 9.88 Å². The maximum absolute atomic E-state index is 14.0. The van der Waals surface area contributed by atoms with E-state index < -0.39 is 53.2 Å². The van der Waals surface area contributed by atoms with Crippen LogP contribution in [0.2, 0.25) is 5.02 Å². The summed E-state index contributed by atoms with van der Waals surface area (Å²) in [5, 5.41) is 7.86. The molecule has 0 aliphatic rings. The fraction of sp³-hybridized carbons (Fsp3) is 0.167. The number of fused-ring (bicyclic) bond motifs is 1. The van der Waals surface area contributed by atoms with Crippen LogP contribution >= 0.6 is 11.6 Å². The summed E-state index contributed by atoms with van der Waals surface area (Å²) < 4.78 is 45.5. The minimum Gasteiger partial charge on any atom is -0.324 e. The number of nitrogens with zero attached hydrogens (tertiary/aromatic N) is 6. The van der Waals surface area contributed by atoms with Gasteiger partial charge in [-0.05, 0) is 29.8 Å². The second-order valence-electron chi connectivity index (χ2n) is 8.89.